The van der Waals surface area contributed by atoms with Gasteiger partial charge in [-0.1, -0.05) is 30.3 Å². The molecule has 0 fully saturated rings. The topological polar surface area (TPSA) is 74.9 Å². The van der Waals surface area contributed by atoms with E-state index in [2.05, 4.69) is 10.3 Å². The van der Waals surface area contributed by atoms with Crippen LogP contribution in [0.15, 0.2) is 68.9 Å². The van der Waals surface area contributed by atoms with Gasteiger partial charge in [-0.15, -0.1) is 24.0 Å². The second-order valence-corrected chi connectivity index (χ2v) is 8.41. The van der Waals surface area contributed by atoms with Crippen LogP contribution in [0.1, 0.15) is 5.76 Å². The number of rotatable bonds is 6. The van der Waals surface area contributed by atoms with E-state index < -0.39 is 15.7 Å². The molecular formula is C20H23FIN3O3S. The second kappa shape index (κ2) is 10.1. The highest BCUT2D eigenvalue weighted by Gasteiger charge is 2.19. The number of benzene rings is 2. The summed E-state index contributed by atoms with van der Waals surface area (Å²) in [5.41, 5.74) is 0.810. The molecule has 0 spiro atoms. The van der Waals surface area contributed by atoms with Crippen LogP contribution in [0.4, 0.5) is 4.39 Å². The number of nitrogens with zero attached hydrogens (tertiary/aromatic N) is 2. The molecule has 1 heterocycles. The zero-order valence-corrected chi connectivity index (χ0v) is 19.3. The van der Waals surface area contributed by atoms with Gasteiger partial charge in [0.1, 0.15) is 22.1 Å². The minimum Gasteiger partial charge on any atom is -0.459 e. The Labute approximate surface area is 186 Å². The molecule has 156 valence electrons. The van der Waals surface area contributed by atoms with E-state index in [1.807, 2.05) is 42.3 Å². The number of fused-ring (bicyclic) bond motifs is 1. The summed E-state index contributed by atoms with van der Waals surface area (Å²) in [6, 6.07) is 15.1. The van der Waals surface area contributed by atoms with Gasteiger partial charge in [0.25, 0.3) is 0 Å². The Kier molecular flexibility index (Phi) is 8.03. The number of nitrogens with one attached hydrogen (secondary N) is 1. The van der Waals surface area contributed by atoms with E-state index in [0.717, 1.165) is 22.8 Å². The molecule has 6 nitrogen and oxygen atoms in total. The number of hydrogen-bond acceptors (Lipinski definition) is 4. The zero-order valence-electron chi connectivity index (χ0n) is 16.1. The molecule has 0 saturated heterocycles. The SMILES string of the molecule is CN=C(NCCS(=O)(=O)c1ccccc1F)N(C)Cc1cc2ccccc2o1.I. The standard InChI is InChI=1S/C20H22FN3O3S.HI/c1-22-20(23-11-12-28(25,26)19-10-6-4-8-17(19)21)24(2)14-16-13-15-7-3-5-9-18(15)27-16;/h3-10,13H,11-12,14H2,1-2H3,(H,22,23);1H. The zero-order chi connectivity index (χ0) is 20.1. The van der Waals surface area contributed by atoms with Crippen LogP contribution in [-0.4, -0.2) is 45.7 Å². The molecule has 0 bridgehead atoms. The highest BCUT2D eigenvalue weighted by atomic mass is 127. The van der Waals surface area contributed by atoms with Crippen LogP contribution in [0, 0.1) is 5.82 Å². The first-order valence-corrected chi connectivity index (χ1v) is 10.4. The van der Waals surface area contributed by atoms with E-state index in [1.165, 1.54) is 18.2 Å². The van der Waals surface area contributed by atoms with Crippen LogP contribution in [0.2, 0.25) is 0 Å². The van der Waals surface area contributed by atoms with E-state index >= 15 is 0 Å². The Morgan fingerprint density at radius 3 is 2.55 bits per heavy atom. The molecule has 0 aliphatic heterocycles. The number of halogens is 2. The lowest BCUT2D eigenvalue weighted by Gasteiger charge is -2.21. The van der Waals surface area contributed by atoms with Crippen molar-refractivity contribution in [1.29, 1.82) is 0 Å². The Morgan fingerprint density at radius 1 is 1.17 bits per heavy atom. The van der Waals surface area contributed by atoms with Crippen molar-refractivity contribution in [2.24, 2.45) is 4.99 Å². The van der Waals surface area contributed by atoms with Gasteiger partial charge < -0.3 is 14.6 Å². The molecule has 0 radical (unpaired) electrons. The van der Waals surface area contributed by atoms with Crippen LogP contribution in [-0.2, 0) is 16.4 Å². The van der Waals surface area contributed by atoms with Crippen molar-refractivity contribution >= 4 is 50.7 Å². The van der Waals surface area contributed by atoms with Crippen LogP contribution in [0.25, 0.3) is 11.0 Å². The Balaban J connectivity index is 0.00000300. The van der Waals surface area contributed by atoms with Crippen molar-refractivity contribution < 1.29 is 17.2 Å². The molecule has 3 aromatic rings. The Morgan fingerprint density at radius 2 is 1.86 bits per heavy atom. The van der Waals surface area contributed by atoms with Crippen LogP contribution < -0.4 is 5.32 Å². The molecule has 0 amide bonds. The summed E-state index contributed by atoms with van der Waals surface area (Å²) in [5, 5.41) is 4.02. The molecule has 0 atom stereocenters. The van der Waals surface area contributed by atoms with Crippen LogP contribution in [0.5, 0.6) is 0 Å². The molecule has 0 aliphatic rings. The van der Waals surface area contributed by atoms with Gasteiger partial charge in [0.2, 0.25) is 0 Å². The van der Waals surface area contributed by atoms with E-state index in [9.17, 15) is 12.8 Å². The number of hydrogen-bond donors (Lipinski definition) is 1. The quantitative estimate of drug-likeness (QED) is 0.299. The molecule has 3 rings (SSSR count). The number of guanidine groups is 1. The normalized spacial score (nSPS) is 11.9. The fraction of sp³-hybridized carbons (Fsp3) is 0.250. The third kappa shape index (κ3) is 5.69. The molecule has 2 aromatic carbocycles. The minimum atomic E-state index is -3.73. The molecule has 1 N–H and O–H groups in total. The summed E-state index contributed by atoms with van der Waals surface area (Å²) >= 11 is 0. The van der Waals surface area contributed by atoms with E-state index in [0.29, 0.717) is 12.5 Å². The monoisotopic (exact) mass is 531 g/mol. The van der Waals surface area contributed by atoms with Gasteiger partial charge in [-0.25, -0.2) is 12.8 Å². The van der Waals surface area contributed by atoms with Crippen molar-refractivity contribution in [1.82, 2.24) is 10.2 Å². The van der Waals surface area contributed by atoms with Crippen LogP contribution >= 0.6 is 24.0 Å². The summed E-state index contributed by atoms with van der Waals surface area (Å²) in [7, 11) is -0.285. The first kappa shape index (κ1) is 23.1. The van der Waals surface area contributed by atoms with Crippen molar-refractivity contribution in [2.75, 3.05) is 26.4 Å². The largest absolute Gasteiger partial charge is 0.459 e. The average Bonchev–Trinajstić information content (AvgIpc) is 3.07. The van der Waals surface area contributed by atoms with Gasteiger partial charge in [-0.3, -0.25) is 4.99 Å². The average molecular weight is 531 g/mol. The maximum absolute atomic E-state index is 13.8. The van der Waals surface area contributed by atoms with Gasteiger partial charge in [-0.2, -0.15) is 0 Å². The van der Waals surface area contributed by atoms with E-state index in [4.69, 9.17) is 4.42 Å². The summed E-state index contributed by atoms with van der Waals surface area (Å²) in [5.74, 6) is 0.300. The van der Waals surface area contributed by atoms with Gasteiger partial charge in [0.15, 0.2) is 15.8 Å². The predicted octanol–water partition coefficient (Wildman–Crippen LogP) is 3.67. The Hall–Kier alpha value is -2.14. The predicted molar refractivity (Wildman–Crippen MR) is 123 cm³/mol. The van der Waals surface area contributed by atoms with Gasteiger partial charge in [0, 0.05) is 26.0 Å². The van der Waals surface area contributed by atoms with E-state index in [1.54, 1.807) is 7.05 Å². The third-order valence-corrected chi connectivity index (χ3v) is 6.01. The summed E-state index contributed by atoms with van der Waals surface area (Å²) < 4.78 is 44.2. The fourth-order valence-electron chi connectivity index (χ4n) is 2.91. The lowest BCUT2D eigenvalue weighted by Crippen LogP contribution is -2.40. The lowest BCUT2D eigenvalue weighted by atomic mass is 10.2. The second-order valence-electron chi connectivity index (χ2n) is 6.33. The molecule has 0 unspecified atom stereocenters. The number of aliphatic imine (C=N–C) groups is 1. The number of furan rings is 1. The fourth-order valence-corrected chi connectivity index (χ4v) is 4.15. The maximum Gasteiger partial charge on any atom is 0.193 e. The van der Waals surface area contributed by atoms with Crippen molar-refractivity contribution in [3.63, 3.8) is 0 Å². The highest BCUT2D eigenvalue weighted by molar-refractivity contribution is 14.0. The summed E-state index contributed by atoms with van der Waals surface area (Å²) in [6.07, 6.45) is 0. The van der Waals surface area contributed by atoms with Crippen molar-refractivity contribution in [2.45, 2.75) is 11.4 Å². The van der Waals surface area contributed by atoms with Gasteiger partial charge in [0.05, 0.1) is 12.3 Å². The molecule has 0 aliphatic carbocycles. The summed E-state index contributed by atoms with van der Waals surface area (Å²) in [6.45, 7) is 0.572. The first-order valence-electron chi connectivity index (χ1n) is 8.77. The minimum absolute atomic E-state index is 0. The molecule has 1 aromatic heterocycles. The van der Waals surface area contributed by atoms with E-state index in [-0.39, 0.29) is 41.2 Å². The smallest absolute Gasteiger partial charge is 0.193 e. The molecular weight excluding hydrogens is 508 g/mol. The highest BCUT2D eigenvalue weighted by Crippen LogP contribution is 2.19. The van der Waals surface area contributed by atoms with Gasteiger partial charge >= 0.3 is 0 Å². The number of sulfone groups is 1. The molecule has 29 heavy (non-hydrogen) atoms. The maximum atomic E-state index is 13.8. The van der Waals surface area contributed by atoms with Gasteiger partial charge in [-0.05, 0) is 24.3 Å². The number of para-hydroxylation sites is 1. The summed E-state index contributed by atoms with van der Waals surface area (Å²) in [4.78, 5) is 5.71. The molecule has 0 saturated carbocycles. The van der Waals surface area contributed by atoms with Crippen molar-refractivity contribution in [3.05, 3.63) is 66.2 Å². The third-order valence-electron chi connectivity index (χ3n) is 4.27. The lowest BCUT2D eigenvalue weighted by molar-refractivity contribution is 0.413. The molecule has 9 heteroatoms. The van der Waals surface area contributed by atoms with Crippen molar-refractivity contribution in [3.8, 4) is 0 Å². The van der Waals surface area contributed by atoms with Crippen LogP contribution in [0.3, 0.4) is 0 Å². The first-order chi connectivity index (χ1) is 13.4. The Bertz CT molecular complexity index is 1070.